The summed E-state index contributed by atoms with van der Waals surface area (Å²) < 4.78 is 24.4. The Kier molecular flexibility index (Phi) is 6.18. The molecule has 25 heavy (non-hydrogen) atoms. The van der Waals surface area contributed by atoms with Crippen molar-refractivity contribution in [3.05, 3.63) is 29.3 Å². The zero-order valence-corrected chi connectivity index (χ0v) is 15.6. The zero-order valence-electron chi connectivity index (χ0n) is 14.8. The number of rotatable bonds is 4. The van der Waals surface area contributed by atoms with Crippen LogP contribution in [0.4, 0.5) is 5.69 Å². The molecule has 0 unspecified atom stereocenters. The van der Waals surface area contributed by atoms with Crippen molar-refractivity contribution < 1.29 is 18.0 Å². The molecule has 0 radical (unpaired) electrons. The molecule has 0 aliphatic carbocycles. The van der Waals surface area contributed by atoms with Crippen LogP contribution in [0.3, 0.4) is 0 Å². The normalized spacial score (nSPS) is 16.4. The van der Waals surface area contributed by atoms with Crippen LogP contribution in [0.1, 0.15) is 24.0 Å². The molecular weight excluding hydrogens is 342 g/mol. The van der Waals surface area contributed by atoms with Crippen LogP contribution in [0.2, 0.25) is 0 Å². The van der Waals surface area contributed by atoms with Crippen LogP contribution >= 0.6 is 0 Å². The van der Waals surface area contributed by atoms with Gasteiger partial charge in [0.1, 0.15) is 0 Å². The minimum Gasteiger partial charge on any atom is -0.348 e. The molecule has 2 amide bonds. The summed E-state index contributed by atoms with van der Waals surface area (Å²) >= 11 is 0. The number of hydrogen-bond donors (Lipinski definition) is 2. The zero-order chi connectivity index (χ0) is 18.6. The average molecular weight is 367 g/mol. The highest BCUT2D eigenvalue weighted by atomic mass is 32.2. The molecular formula is C17H25N3O4S. The van der Waals surface area contributed by atoms with E-state index in [9.17, 15) is 18.0 Å². The molecule has 8 heteroatoms. The van der Waals surface area contributed by atoms with E-state index in [0.29, 0.717) is 38.2 Å². The van der Waals surface area contributed by atoms with Crippen molar-refractivity contribution in [3.8, 4) is 0 Å². The third-order valence-electron chi connectivity index (χ3n) is 4.28. The lowest BCUT2D eigenvalue weighted by molar-refractivity contribution is -0.136. The van der Waals surface area contributed by atoms with Crippen molar-refractivity contribution in [2.75, 3.05) is 31.2 Å². The maximum Gasteiger partial charge on any atom is 0.313 e. The Morgan fingerprint density at radius 2 is 1.64 bits per heavy atom. The van der Waals surface area contributed by atoms with Crippen molar-refractivity contribution in [3.63, 3.8) is 0 Å². The molecule has 1 aromatic carbocycles. The van der Waals surface area contributed by atoms with E-state index in [4.69, 9.17) is 0 Å². The van der Waals surface area contributed by atoms with Crippen LogP contribution in [-0.2, 0) is 19.6 Å². The van der Waals surface area contributed by atoms with Gasteiger partial charge in [0, 0.05) is 25.3 Å². The van der Waals surface area contributed by atoms with Gasteiger partial charge in [-0.05, 0) is 55.9 Å². The third kappa shape index (κ3) is 5.82. The van der Waals surface area contributed by atoms with E-state index in [1.807, 2.05) is 19.9 Å². The van der Waals surface area contributed by atoms with E-state index in [1.165, 1.54) is 10.6 Å². The highest BCUT2D eigenvalue weighted by Gasteiger charge is 2.25. The van der Waals surface area contributed by atoms with Gasteiger partial charge in [0.15, 0.2) is 0 Å². The quantitative estimate of drug-likeness (QED) is 0.777. The van der Waals surface area contributed by atoms with Crippen LogP contribution in [-0.4, -0.2) is 50.4 Å². The Morgan fingerprint density at radius 3 is 2.16 bits per heavy atom. The largest absolute Gasteiger partial charge is 0.348 e. The average Bonchev–Trinajstić information content (AvgIpc) is 2.51. The summed E-state index contributed by atoms with van der Waals surface area (Å²) in [4.78, 5) is 23.9. The first-order valence-electron chi connectivity index (χ1n) is 8.28. The first-order valence-corrected chi connectivity index (χ1v) is 10.1. The smallest absolute Gasteiger partial charge is 0.313 e. The highest BCUT2D eigenvalue weighted by molar-refractivity contribution is 7.88. The fourth-order valence-electron chi connectivity index (χ4n) is 3.00. The van der Waals surface area contributed by atoms with Gasteiger partial charge < -0.3 is 10.6 Å². The molecule has 1 aromatic rings. The summed E-state index contributed by atoms with van der Waals surface area (Å²) in [6.07, 6.45) is 2.55. The SMILES string of the molecule is Cc1cc(C)cc(NC(=O)C(=O)NCC2CCN(S(C)(=O)=O)CC2)c1. The number of aryl methyl sites for hydroxylation is 2. The fourth-order valence-corrected chi connectivity index (χ4v) is 3.87. The number of anilines is 1. The second kappa shape index (κ2) is 7.97. The van der Waals surface area contributed by atoms with Gasteiger partial charge in [-0.25, -0.2) is 12.7 Å². The summed E-state index contributed by atoms with van der Waals surface area (Å²) in [5.74, 6) is -1.20. The summed E-state index contributed by atoms with van der Waals surface area (Å²) in [7, 11) is -3.15. The lowest BCUT2D eigenvalue weighted by Crippen LogP contribution is -2.43. The van der Waals surface area contributed by atoms with E-state index >= 15 is 0 Å². The predicted molar refractivity (Wildman–Crippen MR) is 96.7 cm³/mol. The van der Waals surface area contributed by atoms with E-state index in [1.54, 1.807) is 12.1 Å². The van der Waals surface area contributed by atoms with Crippen molar-refractivity contribution in [2.24, 2.45) is 5.92 Å². The first-order chi connectivity index (χ1) is 11.6. The molecule has 1 aliphatic heterocycles. The Hall–Kier alpha value is -1.93. The molecule has 1 aliphatic rings. The molecule has 0 bridgehead atoms. The molecule has 1 fully saturated rings. The molecule has 1 heterocycles. The van der Waals surface area contributed by atoms with Gasteiger partial charge in [-0.1, -0.05) is 6.07 Å². The Labute approximate surface area is 148 Å². The summed E-state index contributed by atoms with van der Waals surface area (Å²) in [5, 5.41) is 5.24. The van der Waals surface area contributed by atoms with Crippen molar-refractivity contribution in [2.45, 2.75) is 26.7 Å². The molecule has 1 saturated heterocycles. The van der Waals surface area contributed by atoms with Crippen LogP contribution in [0.15, 0.2) is 18.2 Å². The molecule has 0 saturated carbocycles. The Bertz CT molecular complexity index is 733. The minimum atomic E-state index is -3.15. The second-order valence-electron chi connectivity index (χ2n) is 6.65. The third-order valence-corrected chi connectivity index (χ3v) is 5.58. The number of sulfonamides is 1. The fraction of sp³-hybridized carbons (Fsp3) is 0.529. The molecule has 0 spiro atoms. The van der Waals surface area contributed by atoms with Crippen LogP contribution < -0.4 is 10.6 Å². The van der Waals surface area contributed by atoms with E-state index in [0.717, 1.165) is 11.1 Å². The van der Waals surface area contributed by atoms with E-state index in [-0.39, 0.29) is 5.92 Å². The predicted octanol–water partition coefficient (Wildman–Crippen LogP) is 1.03. The van der Waals surface area contributed by atoms with Gasteiger partial charge >= 0.3 is 11.8 Å². The minimum absolute atomic E-state index is 0.177. The summed E-state index contributed by atoms with van der Waals surface area (Å²) in [6.45, 7) is 5.12. The standard InChI is InChI=1S/C17H25N3O4S/c1-12-8-13(2)10-15(9-12)19-17(22)16(21)18-11-14-4-6-20(7-5-14)25(3,23)24/h8-10,14H,4-7,11H2,1-3H3,(H,18,21)(H,19,22). The lowest BCUT2D eigenvalue weighted by Gasteiger charge is -2.30. The van der Waals surface area contributed by atoms with Crippen LogP contribution in [0.25, 0.3) is 0 Å². The number of piperidine rings is 1. The Morgan fingerprint density at radius 1 is 1.08 bits per heavy atom. The molecule has 0 aromatic heterocycles. The van der Waals surface area contributed by atoms with Gasteiger partial charge in [-0.3, -0.25) is 9.59 Å². The van der Waals surface area contributed by atoms with E-state index in [2.05, 4.69) is 10.6 Å². The van der Waals surface area contributed by atoms with Gasteiger partial charge in [0.05, 0.1) is 6.26 Å². The Balaban J connectivity index is 1.79. The van der Waals surface area contributed by atoms with Gasteiger partial charge in [0.2, 0.25) is 10.0 Å². The molecule has 138 valence electrons. The highest BCUT2D eigenvalue weighted by Crippen LogP contribution is 2.18. The molecule has 7 nitrogen and oxygen atoms in total. The number of amides is 2. The molecule has 2 rings (SSSR count). The molecule has 2 N–H and O–H groups in total. The summed E-state index contributed by atoms with van der Waals surface area (Å²) in [6, 6.07) is 5.59. The van der Waals surface area contributed by atoms with Gasteiger partial charge in [-0.15, -0.1) is 0 Å². The van der Waals surface area contributed by atoms with Crippen molar-refractivity contribution in [1.29, 1.82) is 0 Å². The maximum atomic E-state index is 12.0. The van der Waals surface area contributed by atoms with E-state index < -0.39 is 21.8 Å². The number of benzene rings is 1. The van der Waals surface area contributed by atoms with Crippen LogP contribution in [0.5, 0.6) is 0 Å². The number of nitrogens with zero attached hydrogens (tertiary/aromatic N) is 1. The number of hydrogen-bond acceptors (Lipinski definition) is 4. The monoisotopic (exact) mass is 367 g/mol. The van der Waals surface area contributed by atoms with Crippen LogP contribution in [0, 0.1) is 19.8 Å². The summed E-state index contributed by atoms with van der Waals surface area (Å²) in [5.41, 5.74) is 2.61. The van der Waals surface area contributed by atoms with Crippen molar-refractivity contribution >= 4 is 27.5 Å². The number of nitrogens with one attached hydrogen (secondary N) is 2. The number of carbonyl (C=O) groups is 2. The van der Waals surface area contributed by atoms with Gasteiger partial charge in [-0.2, -0.15) is 0 Å². The first kappa shape index (κ1) is 19.4. The lowest BCUT2D eigenvalue weighted by atomic mass is 9.98. The maximum absolute atomic E-state index is 12.0. The number of carbonyl (C=O) groups excluding carboxylic acids is 2. The second-order valence-corrected chi connectivity index (χ2v) is 8.63. The topological polar surface area (TPSA) is 95.6 Å². The van der Waals surface area contributed by atoms with Crippen molar-refractivity contribution in [1.82, 2.24) is 9.62 Å². The van der Waals surface area contributed by atoms with Gasteiger partial charge in [0.25, 0.3) is 0 Å². The molecule has 0 atom stereocenters.